The number of nitrogens with one attached hydrogen (secondary N) is 1. The van der Waals surface area contributed by atoms with Crippen LogP contribution in [-0.4, -0.2) is 21.7 Å². The molecular weight excluding hydrogens is 218 g/mol. The van der Waals surface area contributed by atoms with E-state index in [0.717, 1.165) is 0 Å². The maximum absolute atomic E-state index is 11.3. The summed E-state index contributed by atoms with van der Waals surface area (Å²) in [4.78, 5) is 18.7. The molecule has 15 heavy (non-hydrogen) atoms. The van der Waals surface area contributed by atoms with Crippen molar-refractivity contribution < 1.29 is 9.53 Å². The number of hydrogen-bond donors (Lipinski definition) is 1. The molecule has 0 atom stereocenters. The first kappa shape index (κ1) is 11.7. The van der Waals surface area contributed by atoms with E-state index in [1.165, 1.54) is 12.4 Å². The maximum Gasteiger partial charge on any atom is 0.412 e. The van der Waals surface area contributed by atoms with E-state index in [0.29, 0.717) is 5.69 Å². The number of amides is 1. The second-order valence-corrected chi connectivity index (χ2v) is 4.21. The highest BCUT2D eigenvalue weighted by atomic mass is 35.5. The van der Waals surface area contributed by atoms with E-state index in [1.807, 2.05) is 0 Å². The van der Waals surface area contributed by atoms with E-state index < -0.39 is 11.7 Å². The lowest BCUT2D eigenvalue weighted by atomic mass is 10.2. The summed E-state index contributed by atoms with van der Waals surface area (Å²) in [5.41, 5.74) is -0.0918. The third-order valence-corrected chi connectivity index (χ3v) is 1.46. The Morgan fingerprint density at radius 2 is 1.93 bits per heavy atom. The summed E-state index contributed by atoms with van der Waals surface area (Å²) < 4.78 is 5.03. The number of ether oxygens (including phenoxy) is 1. The Hall–Kier alpha value is -1.36. The third kappa shape index (κ3) is 4.60. The molecule has 5 nitrogen and oxygen atoms in total. The molecule has 1 amide bonds. The van der Waals surface area contributed by atoms with Gasteiger partial charge in [-0.05, 0) is 32.4 Å². The van der Waals surface area contributed by atoms with Crippen molar-refractivity contribution in [1.82, 2.24) is 9.97 Å². The molecule has 0 bridgehead atoms. The lowest BCUT2D eigenvalue weighted by molar-refractivity contribution is 0.0636. The molecule has 0 spiro atoms. The van der Waals surface area contributed by atoms with Crippen molar-refractivity contribution in [2.75, 3.05) is 5.32 Å². The van der Waals surface area contributed by atoms with Crippen molar-refractivity contribution in [3.8, 4) is 0 Å². The molecule has 0 aliphatic heterocycles. The fourth-order valence-corrected chi connectivity index (χ4v) is 0.896. The second kappa shape index (κ2) is 4.44. The SMILES string of the molecule is CC(C)(C)OC(=O)Nc1cnc(Cl)nc1. The third-order valence-electron chi connectivity index (χ3n) is 1.27. The van der Waals surface area contributed by atoms with Crippen LogP contribution in [0.4, 0.5) is 10.5 Å². The molecule has 1 aromatic rings. The Morgan fingerprint density at radius 1 is 1.40 bits per heavy atom. The van der Waals surface area contributed by atoms with Crippen molar-refractivity contribution >= 4 is 23.4 Å². The van der Waals surface area contributed by atoms with Gasteiger partial charge in [-0.3, -0.25) is 5.32 Å². The lowest BCUT2D eigenvalue weighted by Gasteiger charge is -2.19. The van der Waals surface area contributed by atoms with Gasteiger partial charge < -0.3 is 4.74 Å². The minimum Gasteiger partial charge on any atom is -0.444 e. The first-order valence-corrected chi connectivity index (χ1v) is 4.72. The number of carbonyl (C=O) groups is 1. The van der Waals surface area contributed by atoms with Crippen LogP contribution in [0.3, 0.4) is 0 Å². The fraction of sp³-hybridized carbons (Fsp3) is 0.444. The van der Waals surface area contributed by atoms with Crippen LogP contribution in [0, 0.1) is 0 Å². The van der Waals surface area contributed by atoms with Crippen molar-refractivity contribution in [2.24, 2.45) is 0 Å². The topological polar surface area (TPSA) is 64.1 Å². The highest BCUT2D eigenvalue weighted by molar-refractivity contribution is 6.28. The standard InChI is InChI=1S/C9H12ClN3O2/c1-9(2,3)15-8(14)13-6-4-11-7(10)12-5-6/h4-5H,1-3H3,(H,13,14). The minimum absolute atomic E-state index is 0.129. The lowest BCUT2D eigenvalue weighted by Crippen LogP contribution is -2.27. The molecule has 0 unspecified atom stereocenters. The van der Waals surface area contributed by atoms with Gasteiger partial charge in [-0.1, -0.05) is 0 Å². The Bertz CT molecular complexity index is 345. The van der Waals surface area contributed by atoms with Crippen LogP contribution in [0.2, 0.25) is 5.28 Å². The van der Waals surface area contributed by atoms with Crippen LogP contribution in [-0.2, 0) is 4.74 Å². The Labute approximate surface area is 92.8 Å². The average Bonchev–Trinajstić information content (AvgIpc) is 2.05. The summed E-state index contributed by atoms with van der Waals surface area (Å²) in [6.45, 7) is 5.35. The highest BCUT2D eigenvalue weighted by Gasteiger charge is 2.16. The van der Waals surface area contributed by atoms with Gasteiger partial charge in [0.15, 0.2) is 0 Å². The molecule has 0 aliphatic rings. The normalized spacial score (nSPS) is 10.9. The van der Waals surface area contributed by atoms with Crippen molar-refractivity contribution in [3.05, 3.63) is 17.7 Å². The molecule has 82 valence electrons. The van der Waals surface area contributed by atoms with Gasteiger partial charge in [0, 0.05) is 0 Å². The molecule has 0 aromatic carbocycles. The number of hydrogen-bond acceptors (Lipinski definition) is 4. The van der Waals surface area contributed by atoms with Crippen molar-refractivity contribution in [2.45, 2.75) is 26.4 Å². The molecule has 1 heterocycles. The Morgan fingerprint density at radius 3 is 2.40 bits per heavy atom. The van der Waals surface area contributed by atoms with Gasteiger partial charge in [0.1, 0.15) is 5.60 Å². The molecule has 0 saturated carbocycles. The van der Waals surface area contributed by atoms with Gasteiger partial charge in [-0.15, -0.1) is 0 Å². The number of carbonyl (C=O) groups excluding carboxylic acids is 1. The second-order valence-electron chi connectivity index (χ2n) is 3.87. The average molecular weight is 230 g/mol. The molecule has 0 fully saturated rings. The first-order chi connectivity index (χ1) is 6.87. The highest BCUT2D eigenvalue weighted by Crippen LogP contribution is 2.10. The van der Waals surface area contributed by atoms with E-state index in [-0.39, 0.29) is 5.28 Å². The summed E-state index contributed by atoms with van der Waals surface area (Å²) in [6.07, 6.45) is 2.26. The van der Waals surface area contributed by atoms with Gasteiger partial charge in [-0.25, -0.2) is 14.8 Å². The van der Waals surface area contributed by atoms with Gasteiger partial charge in [0.05, 0.1) is 18.1 Å². The van der Waals surface area contributed by atoms with Crippen LogP contribution >= 0.6 is 11.6 Å². The zero-order chi connectivity index (χ0) is 11.5. The summed E-state index contributed by atoms with van der Waals surface area (Å²) in [5, 5.41) is 2.61. The molecular formula is C9H12ClN3O2. The number of rotatable bonds is 1. The van der Waals surface area contributed by atoms with Crippen LogP contribution in [0.1, 0.15) is 20.8 Å². The molecule has 1 N–H and O–H groups in total. The summed E-state index contributed by atoms with van der Waals surface area (Å²) >= 11 is 5.49. The van der Waals surface area contributed by atoms with E-state index in [2.05, 4.69) is 15.3 Å². The summed E-state index contributed by atoms with van der Waals surface area (Å²) in [5.74, 6) is 0. The van der Waals surface area contributed by atoms with Gasteiger partial charge >= 0.3 is 6.09 Å². The smallest absolute Gasteiger partial charge is 0.412 e. The zero-order valence-electron chi connectivity index (χ0n) is 8.74. The minimum atomic E-state index is -0.548. The summed E-state index contributed by atoms with van der Waals surface area (Å²) in [6, 6.07) is 0. The van der Waals surface area contributed by atoms with E-state index in [4.69, 9.17) is 16.3 Å². The molecule has 1 aromatic heterocycles. The van der Waals surface area contributed by atoms with Crippen LogP contribution < -0.4 is 5.32 Å². The van der Waals surface area contributed by atoms with E-state index >= 15 is 0 Å². The van der Waals surface area contributed by atoms with Crippen LogP contribution in [0.25, 0.3) is 0 Å². The van der Waals surface area contributed by atoms with Crippen LogP contribution in [0.5, 0.6) is 0 Å². The van der Waals surface area contributed by atoms with E-state index in [1.54, 1.807) is 20.8 Å². The largest absolute Gasteiger partial charge is 0.444 e. The van der Waals surface area contributed by atoms with Gasteiger partial charge in [-0.2, -0.15) is 0 Å². The van der Waals surface area contributed by atoms with Crippen molar-refractivity contribution in [1.29, 1.82) is 0 Å². The fourth-order valence-electron chi connectivity index (χ4n) is 0.798. The molecule has 1 rings (SSSR count). The number of anilines is 1. The predicted octanol–water partition coefficient (Wildman–Crippen LogP) is 2.48. The Kier molecular flexibility index (Phi) is 3.47. The molecule has 0 aliphatic carbocycles. The monoisotopic (exact) mass is 229 g/mol. The Balaban J connectivity index is 2.55. The molecule has 0 radical (unpaired) electrons. The molecule has 0 saturated heterocycles. The van der Waals surface area contributed by atoms with E-state index in [9.17, 15) is 4.79 Å². The van der Waals surface area contributed by atoms with Gasteiger partial charge in [0.25, 0.3) is 0 Å². The first-order valence-electron chi connectivity index (χ1n) is 4.34. The zero-order valence-corrected chi connectivity index (χ0v) is 9.50. The van der Waals surface area contributed by atoms with Crippen LogP contribution in [0.15, 0.2) is 12.4 Å². The quantitative estimate of drug-likeness (QED) is 0.752. The number of nitrogens with zero attached hydrogens (tertiary/aromatic N) is 2. The summed E-state index contributed by atoms with van der Waals surface area (Å²) in [7, 11) is 0. The number of aromatic nitrogens is 2. The predicted molar refractivity (Wildman–Crippen MR) is 56.9 cm³/mol. The number of halogens is 1. The van der Waals surface area contributed by atoms with Crippen molar-refractivity contribution in [3.63, 3.8) is 0 Å². The molecule has 6 heteroatoms. The van der Waals surface area contributed by atoms with Gasteiger partial charge in [0.2, 0.25) is 5.28 Å². The maximum atomic E-state index is 11.3.